The van der Waals surface area contributed by atoms with Crippen LogP contribution in [0.4, 0.5) is 0 Å². The molecule has 0 fully saturated rings. The van der Waals surface area contributed by atoms with Gasteiger partial charge in [-0.2, -0.15) is 0 Å². The van der Waals surface area contributed by atoms with Crippen LogP contribution in [0.1, 0.15) is 22.8 Å². The van der Waals surface area contributed by atoms with Crippen molar-refractivity contribution in [3.05, 3.63) is 138 Å². The molecule has 204 valence electrons. The summed E-state index contributed by atoms with van der Waals surface area (Å²) in [6.45, 7) is 0. The van der Waals surface area contributed by atoms with Crippen molar-refractivity contribution in [3.8, 4) is 39.1 Å². The first-order valence-electron chi connectivity index (χ1n) is 14.2. The number of aromatic hydroxyl groups is 1. The third-order valence-corrected chi connectivity index (χ3v) is 7.83. The summed E-state index contributed by atoms with van der Waals surface area (Å²) in [5, 5.41) is 10.4. The molecule has 0 amide bonds. The zero-order valence-corrected chi connectivity index (χ0v) is 23.1. The second-order valence-corrected chi connectivity index (χ2v) is 10.6. The Morgan fingerprint density at radius 1 is 0.419 bits per heavy atom. The quantitative estimate of drug-likeness (QED) is 0.204. The summed E-state index contributed by atoms with van der Waals surface area (Å²) >= 11 is 0. The van der Waals surface area contributed by atoms with Gasteiger partial charge in [0.2, 0.25) is 0 Å². The van der Waals surface area contributed by atoms with Gasteiger partial charge in [0.1, 0.15) is 5.75 Å². The van der Waals surface area contributed by atoms with Crippen LogP contribution in [0.25, 0.3) is 79.8 Å². The first kappa shape index (κ1) is 24.8. The Balaban J connectivity index is 1.55. The van der Waals surface area contributed by atoms with Crippen molar-refractivity contribution in [1.29, 1.82) is 0 Å². The summed E-state index contributed by atoms with van der Waals surface area (Å²) in [6.07, 6.45) is 8.20. The fraction of sp³-hybridized carbons (Fsp3) is 0. The molecule has 2 aliphatic heterocycles. The number of aromatic amines is 2. The van der Waals surface area contributed by atoms with Crippen molar-refractivity contribution in [1.82, 2.24) is 19.9 Å². The second-order valence-electron chi connectivity index (χ2n) is 10.6. The highest BCUT2D eigenvalue weighted by Gasteiger charge is 2.18. The predicted octanol–water partition coefficient (Wildman–Crippen LogP) is 9.36. The van der Waals surface area contributed by atoms with Crippen molar-refractivity contribution < 1.29 is 5.11 Å². The number of fused-ring (bicyclic) bond motifs is 8. The number of hydrogen-bond acceptors (Lipinski definition) is 3. The fourth-order valence-corrected chi connectivity index (χ4v) is 5.91. The average Bonchev–Trinajstić information content (AvgIpc) is 3.85. The highest BCUT2D eigenvalue weighted by atomic mass is 16.3. The van der Waals surface area contributed by atoms with Gasteiger partial charge in [-0.05, 0) is 83.5 Å². The molecular weight excluding hydrogens is 528 g/mol. The molecule has 0 saturated heterocycles. The lowest BCUT2D eigenvalue weighted by molar-refractivity contribution is 0.475. The number of benzene rings is 3. The summed E-state index contributed by atoms with van der Waals surface area (Å²) in [5.74, 6) is 0.192. The molecule has 0 saturated carbocycles. The minimum atomic E-state index is 0.192. The highest BCUT2D eigenvalue weighted by molar-refractivity contribution is 5.96. The second kappa shape index (κ2) is 10.2. The highest BCUT2D eigenvalue weighted by Crippen LogP contribution is 2.37. The van der Waals surface area contributed by atoms with Gasteiger partial charge in [-0.25, -0.2) is 9.97 Å². The number of rotatable bonds is 3. The minimum absolute atomic E-state index is 0.192. The molecule has 0 unspecified atom stereocenters. The number of phenolic OH excluding ortho intramolecular Hbond substituents is 1. The van der Waals surface area contributed by atoms with E-state index in [0.717, 1.165) is 78.2 Å². The number of nitrogens with one attached hydrogen (secondary N) is 2. The van der Waals surface area contributed by atoms with E-state index < -0.39 is 0 Å². The molecule has 6 aromatic rings. The maximum Gasteiger partial charge on any atom is 0.116 e. The topological polar surface area (TPSA) is 77.6 Å². The molecule has 0 radical (unpaired) electrons. The smallest absolute Gasteiger partial charge is 0.116 e. The molecule has 3 aromatic heterocycles. The molecular formula is C38H26N4O. The number of nitrogens with zero attached hydrogens (tertiary/aromatic N) is 2. The van der Waals surface area contributed by atoms with E-state index in [-0.39, 0.29) is 5.75 Å². The van der Waals surface area contributed by atoms with Crippen LogP contribution in [0.3, 0.4) is 0 Å². The van der Waals surface area contributed by atoms with Crippen LogP contribution in [0.15, 0.2) is 115 Å². The predicted molar refractivity (Wildman–Crippen MR) is 177 cm³/mol. The standard InChI is InChI=1S/C38H26N4O/c43-29-13-7-12-26(22-29)38-34-20-18-32(41-34)36(24-8-3-1-4-9-24)30-16-14-27(39-30)23-28-15-17-31(40-28)37(25-10-5-2-6-11-25)33-19-21-35(38)42-33/h1-23,39-40,43H. The summed E-state index contributed by atoms with van der Waals surface area (Å²) in [7, 11) is 0. The van der Waals surface area contributed by atoms with Crippen LogP contribution in [0.2, 0.25) is 0 Å². The molecule has 5 heteroatoms. The SMILES string of the molecule is Oc1cccc(-c2c3nc(c(-c4ccccc4)c4ccc(cc5ccc([nH]5)c(-c5ccccc5)c5nc2C=C5)[nH]4)C=C3)c1. The molecule has 0 spiro atoms. The lowest BCUT2D eigenvalue weighted by atomic mass is 10.0. The Morgan fingerprint density at radius 3 is 1.37 bits per heavy atom. The maximum absolute atomic E-state index is 10.4. The van der Waals surface area contributed by atoms with E-state index in [2.05, 4.69) is 76.7 Å². The van der Waals surface area contributed by atoms with E-state index >= 15 is 0 Å². The largest absolute Gasteiger partial charge is 0.508 e. The van der Waals surface area contributed by atoms with Gasteiger partial charge in [0.15, 0.2) is 0 Å². The molecule has 5 heterocycles. The number of aromatic nitrogens is 4. The molecule has 3 aromatic carbocycles. The van der Waals surface area contributed by atoms with E-state index in [1.165, 1.54) is 0 Å². The lowest BCUT2D eigenvalue weighted by Gasteiger charge is -2.06. The van der Waals surface area contributed by atoms with E-state index in [0.29, 0.717) is 0 Å². The zero-order valence-electron chi connectivity index (χ0n) is 23.1. The summed E-state index contributed by atoms with van der Waals surface area (Å²) < 4.78 is 0. The minimum Gasteiger partial charge on any atom is -0.508 e. The monoisotopic (exact) mass is 554 g/mol. The Hall–Kier alpha value is -5.94. The zero-order chi connectivity index (χ0) is 28.8. The molecule has 0 aliphatic carbocycles. The van der Waals surface area contributed by atoms with Gasteiger partial charge in [0, 0.05) is 38.8 Å². The van der Waals surface area contributed by atoms with Gasteiger partial charge in [-0.15, -0.1) is 0 Å². The summed E-state index contributed by atoms with van der Waals surface area (Å²) in [6, 6.07) is 38.5. The van der Waals surface area contributed by atoms with Crippen LogP contribution in [-0.2, 0) is 0 Å². The fourth-order valence-electron chi connectivity index (χ4n) is 5.91. The van der Waals surface area contributed by atoms with Gasteiger partial charge in [0.25, 0.3) is 0 Å². The molecule has 43 heavy (non-hydrogen) atoms. The Morgan fingerprint density at radius 2 is 0.884 bits per heavy atom. The van der Waals surface area contributed by atoms with Gasteiger partial charge in [0.05, 0.1) is 22.8 Å². The van der Waals surface area contributed by atoms with Crippen LogP contribution < -0.4 is 0 Å². The molecule has 8 rings (SSSR count). The first-order valence-corrected chi connectivity index (χ1v) is 14.2. The summed E-state index contributed by atoms with van der Waals surface area (Å²) in [5.41, 5.74) is 13.1. The first-order chi connectivity index (χ1) is 21.2. The van der Waals surface area contributed by atoms with Crippen molar-refractivity contribution in [2.24, 2.45) is 0 Å². The number of H-pyrrole nitrogens is 2. The third kappa shape index (κ3) is 4.53. The maximum atomic E-state index is 10.4. The van der Waals surface area contributed by atoms with Gasteiger partial charge < -0.3 is 15.1 Å². The van der Waals surface area contributed by atoms with E-state index in [1.54, 1.807) is 12.1 Å². The van der Waals surface area contributed by atoms with Crippen LogP contribution in [0.5, 0.6) is 5.75 Å². The van der Waals surface area contributed by atoms with Crippen molar-refractivity contribution in [2.75, 3.05) is 0 Å². The molecule has 2 aliphatic rings. The van der Waals surface area contributed by atoms with Crippen molar-refractivity contribution >= 4 is 46.4 Å². The van der Waals surface area contributed by atoms with Crippen LogP contribution >= 0.6 is 0 Å². The summed E-state index contributed by atoms with van der Waals surface area (Å²) in [4.78, 5) is 17.7. The number of phenols is 1. The average molecular weight is 555 g/mol. The molecule has 0 atom stereocenters. The van der Waals surface area contributed by atoms with E-state index in [4.69, 9.17) is 9.97 Å². The van der Waals surface area contributed by atoms with E-state index in [1.807, 2.05) is 60.7 Å². The van der Waals surface area contributed by atoms with E-state index in [9.17, 15) is 5.11 Å². The molecule has 8 bridgehead atoms. The van der Waals surface area contributed by atoms with Crippen molar-refractivity contribution in [3.63, 3.8) is 0 Å². The lowest BCUT2D eigenvalue weighted by Crippen LogP contribution is -1.91. The number of hydrogen-bond donors (Lipinski definition) is 3. The van der Waals surface area contributed by atoms with Crippen molar-refractivity contribution in [2.45, 2.75) is 0 Å². The Kier molecular flexibility index (Phi) is 5.86. The van der Waals surface area contributed by atoms with Gasteiger partial charge in [-0.3, -0.25) is 0 Å². The van der Waals surface area contributed by atoms with Gasteiger partial charge >= 0.3 is 0 Å². The molecule has 3 N–H and O–H groups in total. The van der Waals surface area contributed by atoms with Crippen LogP contribution in [-0.4, -0.2) is 25.0 Å². The van der Waals surface area contributed by atoms with Gasteiger partial charge in [-0.1, -0.05) is 72.8 Å². The Bertz CT molecular complexity index is 2100. The third-order valence-electron chi connectivity index (χ3n) is 7.83. The normalized spacial score (nSPS) is 12.1. The Labute approximate surface area is 248 Å². The van der Waals surface area contributed by atoms with Crippen LogP contribution in [0, 0.1) is 0 Å². The molecule has 5 nitrogen and oxygen atoms in total.